The van der Waals surface area contributed by atoms with Gasteiger partial charge in [0.1, 0.15) is 11.9 Å². The Hall–Kier alpha value is -2.39. The number of hydrogen-bond donors (Lipinski definition) is 1. The third-order valence-corrected chi connectivity index (χ3v) is 8.49. The number of benzene rings is 1. The molecule has 2 unspecified atom stereocenters. The van der Waals surface area contributed by atoms with Crippen molar-refractivity contribution in [3.05, 3.63) is 29.6 Å². The average molecular weight is 518 g/mol. The molecule has 4 aliphatic rings. The Bertz CT molecular complexity index is 975. The van der Waals surface area contributed by atoms with E-state index in [2.05, 4.69) is 10.2 Å². The number of hydrogen-bond acceptors (Lipinski definition) is 6. The molecule has 3 heterocycles. The van der Waals surface area contributed by atoms with Crippen LogP contribution in [0.3, 0.4) is 0 Å². The van der Waals surface area contributed by atoms with Gasteiger partial charge in [-0.05, 0) is 82.8 Å². The maximum Gasteiger partial charge on any atom is 0.414 e. The lowest BCUT2D eigenvalue weighted by Gasteiger charge is -2.43. The number of alkyl carbamates (subject to hydrolysis) is 1. The zero-order valence-electron chi connectivity index (χ0n) is 22.0. The van der Waals surface area contributed by atoms with E-state index < -0.39 is 0 Å². The van der Waals surface area contributed by atoms with Crippen molar-refractivity contribution >= 4 is 17.9 Å². The topological polar surface area (TPSA) is 80.3 Å². The standard InChI is InChI=1S/C28H40FN3O5/c1-19(2)36-26(33)30-21-5-3-4-6-22(16-21)31-12-10-28(11-13-31)18-32(25-8-7-20(29)15-24(25)28)27(34)37-23-9-14-35-17-23/h7-8,15,19,21-23H,3-6,9-14,16-18H2,1-2H3,(H,30,33)/t21?,22?,23-/m1/s1. The Labute approximate surface area is 218 Å². The number of halogens is 1. The molecular formula is C28H40FN3O5. The molecule has 1 N–H and O–H groups in total. The molecule has 2 saturated heterocycles. The number of amides is 2. The largest absolute Gasteiger partial charge is 0.447 e. The Morgan fingerprint density at radius 3 is 2.68 bits per heavy atom. The van der Waals surface area contributed by atoms with Gasteiger partial charge >= 0.3 is 12.2 Å². The molecule has 0 radical (unpaired) electrons. The second kappa shape index (κ2) is 11.2. The molecule has 0 aromatic heterocycles. The predicted octanol–water partition coefficient (Wildman–Crippen LogP) is 4.74. The summed E-state index contributed by atoms with van der Waals surface area (Å²) in [4.78, 5) is 29.6. The smallest absolute Gasteiger partial charge is 0.414 e. The van der Waals surface area contributed by atoms with Crippen molar-refractivity contribution in [1.29, 1.82) is 0 Å². The van der Waals surface area contributed by atoms with Crippen molar-refractivity contribution in [3.8, 4) is 0 Å². The fraction of sp³-hybridized carbons (Fsp3) is 0.714. The Balaban J connectivity index is 1.25. The number of likely N-dealkylation sites (tertiary alicyclic amines) is 1. The number of rotatable bonds is 4. The van der Waals surface area contributed by atoms with Gasteiger partial charge < -0.3 is 24.4 Å². The molecule has 3 aliphatic heterocycles. The van der Waals surface area contributed by atoms with Gasteiger partial charge in [-0.3, -0.25) is 4.90 Å². The third kappa shape index (κ3) is 5.87. The first kappa shape index (κ1) is 26.2. The summed E-state index contributed by atoms with van der Waals surface area (Å²) >= 11 is 0. The molecule has 1 spiro atoms. The quantitative estimate of drug-likeness (QED) is 0.581. The van der Waals surface area contributed by atoms with E-state index in [0.717, 1.165) is 69.3 Å². The van der Waals surface area contributed by atoms with Crippen molar-refractivity contribution in [2.75, 3.05) is 37.7 Å². The number of nitrogens with zero attached hydrogens (tertiary/aromatic N) is 2. The van der Waals surface area contributed by atoms with Crippen molar-refractivity contribution in [2.24, 2.45) is 0 Å². The molecule has 2 amide bonds. The zero-order chi connectivity index (χ0) is 26.0. The van der Waals surface area contributed by atoms with E-state index >= 15 is 0 Å². The average Bonchev–Trinajstić information content (AvgIpc) is 3.39. The first-order valence-electron chi connectivity index (χ1n) is 13.9. The van der Waals surface area contributed by atoms with Crippen molar-refractivity contribution in [3.63, 3.8) is 0 Å². The molecule has 1 aliphatic carbocycles. The minimum atomic E-state index is -0.367. The van der Waals surface area contributed by atoms with Crippen LogP contribution in [0.1, 0.15) is 70.8 Å². The molecule has 1 saturated carbocycles. The maximum absolute atomic E-state index is 14.4. The highest BCUT2D eigenvalue weighted by Gasteiger charge is 2.48. The Morgan fingerprint density at radius 2 is 1.95 bits per heavy atom. The van der Waals surface area contributed by atoms with Crippen molar-refractivity contribution < 1.29 is 28.2 Å². The van der Waals surface area contributed by atoms with Gasteiger partial charge in [-0.2, -0.15) is 0 Å². The number of nitrogens with one attached hydrogen (secondary N) is 1. The highest BCUT2D eigenvalue weighted by molar-refractivity contribution is 5.91. The minimum Gasteiger partial charge on any atom is -0.447 e. The lowest BCUT2D eigenvalue weighted by molar-refractivity contribution is 0.0836. The first-order valence-corrected chi connectivity index (χ1v) is 13.9. The predicted molar refractivity (Wildman–Crippen MR) is 137 cm³/mol. The number of anilines is 1. The highest BCUT2D eigenvalue weighted by atomic mass is 19.1. The van der Waals surface area contributed by atoms with Gasteiger partial charge in [-0.25, -0.2) is 14.0 Å². The minimum absolute atomic E-state index is 0.112. The van der Waals surface area contributed by atoms with Crippen molar-refractivity contribution in [1.82, 2.24) is 10.2 Å². The van der Waals surface area contributed by atoms with Gasteiger partial charge in [0.05, 0.1) is 25.0 Å². The molecule has 204 valence electrons. The van der Waals surface area contributed by atoms with Crippen LogP contribution in [0.5, 0.6) is 0 Å². The number of piperidine rings is 1. The summed E-state index contributed by atoms with van der Waals surface area (Å²) in [6.45, 7) is 7.03. The van der Waals surface area contributed by atoms with Crippen LogP contribution in [0.15, 0.2) is 18.2 Å². The summed E-state index contributed by atoms with van der Waals surface area (Å²) in [5, 5.41) is 3.08. The summed E-state index contributed by atoms with van der Waals surface area (Å²) < 4.78 is 30.8. The van der Waals surface area contributed by atoms with E-state index in [1.165, 1.54) is 6.07 Å². The summed E-state index contributed by atoms with van der Waals surface area (Å²) in [6, 6.07) is 5.26. The fourth-order valence-electron chi connectivity index (χ4n) is 6.57. The van der Waals surface area contributed by atoms with E-state index in [1.807, 2.05) is 13.8 Å². The van der Waals surface area contributed by atoms with Crippen LogP contribution in [0.2, 0.25) is 0 Å². The van der Waals surface area contributed by atoms with Gasteiger partial charge in [0.2, 0.25) is 0 Å². The third-order valence-electron chi connectivity index (χ3n) is 8.49. The van der Waals surface area contributed by atoms with E-state index in [1.54, 1.807) is 17.0 Å². The number of carbonyl (C=O) groups is 2. The Morgan fingerprint density at radius 1 is 1.16 bits per heavy atom. The number of fused-ring (bicyclic) bond motifs is 2. The van der Waals surface area contributed by atoms with Crippen LogP contribution in [0.25, 0.3) is 0 Å². The zero-order valence-corrected chi connectivity index (χ0v) is 22.0. The monoisotopic (exact) mass is 517 g/mol. The van der Waals surface area contributed by atoms with Crippen LogP contribution in [-0.2, 0) is 19.6 Å². The summed E-state index contributed by atoms with van der Waals surface area (Å²) in [7, 11) is 0. The van der Waals surface area contributed by atoms with Crippen LogP contribution in [0.4, 0.5) is 19.7 Å². The Kier molecular flexibility index (Phi) is 7.91. The van der Waals surface area contributed by atoms with Gasteiger partial charge in [-0.15, -0.1) is 0 Å². The highest BCUT2D eigenvalue weighted by Crippen LogP contribution is 2.48. The number of carbonyl (C=O) groups excluding carboxylic acids is 2. The molecule has 3 atom stereocenters. The van der Waals surface area contributed by atoms with E-state index in [-0.39, 0.29) is 41.7 Å². The molecule has 1 aromatic carbocycles. The van der Waals surface area contributed by atoms with Crippen LogP contribution >= 0.6 is 0 Å². The molecule has 0 bridgehead atoms. The van der Waals surface area contributed by atoms with Gasteiger partial charge in [0.15, 0.2) is 0 Å². The first-order chi connectivity index (χ1) is 17.8. The van der Waals surface area contributed by atoms with Crippen molar-refractivity contribution in [2.45, 2.75) is 94.9 Å². The van der Waals surface area contributed by atoms with Gasteiger partial charge in [-0.1, -0.05) is 12.8 Å². The maximum atomic E-state index is 14.4. The van der Waals surface area contributed by atoms with Gasteiger partial charge in [0.25, 0.3) is 0 Å². The SMILES string of the molecule is CC(C)OC(=O)NC1CCCCC(N2CCC3(CC2)CN(C(=O)O[C@@H]2CCOC2)c2ccc(F)cc23)C1. The summed E-state index contributed by atoms with van der Waals surface area (Å²) in [5.41, 5.74) is 1.41. The van der Waals surface area contributed by atoms with Crippen LogP contribution in [-0.4, -0.2) is 74.2 Å². The molecule has 37 heavy (non-hydrogen) atoms. The number of ether oxygens (including phenoxy) is 3. The fourth-order valence-corrected chi connectivity index (χ4v) is 6.57. The van der Waals surface area contributed by atoms with E-state index in [4.69, 9.17) is 14.2 Å². The van der Waals surface area contributed by atoms with Crippen LogP contribution in [0, 0.1) is 5.82 Å². The molecule has 3 fully saturated rings. The van der Waals surface area contributed by atoms with E-state index in [9.17, 15) is 14.0 Å². The second-order valence-electron chi connectivity index (χ2n) is 11.4. The van der Waals surface area contributed by atoms with E-state index in [0.29, 0.717) is 32.2 Å². The molecule has 5 rings (SSSR count). The molecular weight excluding hydrogens is 477 g/mol. The summed E-state index contributed by atoms with van der Waals surface area (Å²) in [6.07, 6.45) is 6.58. The normalized spacial score (nSPS) is 27.7. The summed E-state index contributed by atoms with van der Waals surface area (Å²) in [5.74, 6) is -0.272. The lowest BCUT2D eigenvalue weighted by Crippen LogP contribution is -2.50. The molecule has 8 nitrogen and oxygen atoms in total. The second-order valence-corrected chi connectivity index (χ2v) is 11.4. The van der Waals surface area contributed by atoms with Crippen LogP contribution < -0.4 is 10.2 Å². The van der Waals surface area contributed by atoms with Gasteiger partial charge in [0, 0.05) is 30.5 Å². The molecule has 9 heteroatoms. The molecule has 1 aromatic rings. The lowest BCUT2D eigenvalue weighted by atomic mass is 9.74.